The number of aliphatic carboxylic acids is 1. The summed E-state index contributed by atoms with van der Waals surface area (Å²) in [6.45, 7) is 0. The molecule has 0 aliphatic rings. The summed E-state index contributed by atoms with van der Waals surface area (Å²) in [5, 5.41) is 8.96. The van der Waals surface area contributed by atoms with Crippen molar-refractivity contribution in [1.29, 1.82) is 0 Å². The summed E-state index contributed by atoms with van der Waals surface area (Å²) in [4.78, 5) is 10.9. The fraction of sp³-hybridized carbons (Fsp3) is 0.364. The van der Waals surface area contributed by atoms with Gasteiger partial charge in [-0.25, -0.2) is 16.8 Å². The van der Waals surface area contributed by atoms with Crippen molar-refractivity contribution in [3.05, 3.63) is 30.3 Å². The van der Waals surface area contributed by atoms with Crippen LogP contribution in [-0.4, -0.2) is 46.0 Å². The largest absolute Gasteiger partial charge is 0.480 e. The minimum Gasteiger partial charge on any atom is -0.480 e. The predicted molar refractivity (Wildman–Crippen MR) is 72.5 cm³/mol. The van der Waals surface area contributed by atoms with E-state index in [1.54, 1.807) is 6.07 Å². The molecular weight excluding hydrogens is 306 g/mol. The van der Waals surface area contributed by atoms with E-state index >= 15 is 0 Å². The molecule has 0 amide bonds. The molecule has 1 rings (SSSR count). The molecule has 0 unspecified atom stereocenters. The van der Waals surface area contributed by atoms with E-state index in [0.717, 1.165) is 6.26 Å². The number of sulfonamides is 1. The number of carbonyl (C=O) groups is 1. The highest BCUT2D eigenvalue weighted by Crippen LogP contribution is 2.09. The van der Waals surface area contributed by atoms with Crippen molar-refractivity contribution in [2.45, 2.75) is 17.4 Å². The third-order valence-electron chi connectivity index (χ3n) is 2.43. The predicted octanol–water partition coefficient (Wildman–Crippen LogP) is -0.147. The van der Waals surface area contributed by atoms with E-state index < -0.39 is 37.6 Å². The molecule has 112 valence electrons. The van der Waals surface area contributed by atoms with Gasteiger partial charge in [0, 0.05) is 6.26 Å². The molecule has 0 saturated heterocycles. The fourth-order valence-electron chi connectivity index (χ4n) is 1.42. The number of benzene rings is 1. The highest BCUT2D eigenvalue weighted by molar-refractivity contribution is 7.90. The number of carboxylic acids is 1. The molecule has 0 bridgehead atoms. The first-order valence-electron chi connectivity index (χ1n) is 5.60. The van der Waals surface area contributed by atoms with Crippen molar-refractivity contribution >= 4 is 25.8 Å². The molecule has 20 heavy (non-hydrogen) atoms. The summed E-state index contributed by atoms with van der Waals surface area (Å²) >= 11 is 0. The molecular formula is C11H15NO6S2. The zero-order valence-electron chi connectivity index (χ0n) is 10.7. The van der Waals surface area contributed by atoms with Gasteiger partial charge in [-0.3, -0.25) is 4.79 Å². The Hall–Kier alpha value is -1.45. The van der Waals surface area contributed by atoms with E-state index in [2.05, 4.69) is 0 Å². The van der Waals surface area contributed by atoms with Crippen LogP contribution in [0.25, 0.3) is 0 Å². The molecule has 0 aromatic heterocycles. The first-order chi connectivity index (χ1) is 9.12. The smallest absolute Gasteiger partial charge is 0.321 e. The molecule has 0 radical (unpaired) electrons. The van der Waals surface area contributed by atoms with Gasteiger partial charge >= 0.3 is 5.97 Å². The molecule has 0 aliphatic carbocycles. The molecule has 0 saturated carbocycles. The topological polar surface area (TPSA) is 118 Å². The highest BCUT2D eigenvalue weighted by atomic mass is 32.2. The van der Waals surface area contributed by atoms with Gasteiger partial charge in [0.05, 0.1) is 10.6 Å². The minimum absolute atomic E-state index is 0.0781. The van der Waals surface area contributed by atoms with Crippen LogP contribution in [0.4, 0.5) is 0 Å². The fourth-order valence-corrected chi connectivity index (χ4v) is 3.33. The van der Waals surface area contributed by atoms with Crippen LogP contribution in [-0.2, 0) is 24.7 Å². The van der Waals surface area contributed by atoms with Crippen molar-refractivity contribution in [2.75, 3.05) is 12.0 Å². The van der Waals surface area contributed by atoms with Crippen molar-refractivity contribution in [3.63, 3.8) is 0 Å². The molecule has 2 N–H and O–H groups in total. The van der Waals surface area contributed by atoms with E-state index in [-0.39, 0.29) is 11.3 Å². The average Bonchev–Trinajstić information content (AvgIpc) is 2.34. The van der Waals surface area contributed by atoms with Crippen molar-refractivity contribution < 1.29 is 26.7 Å². The van der Waals surface area contributed by atoms with Crippen LogP contribution < -0.4 is 4.72 Å². The van der Waals surface area contributed by atoms with E-state index in [0.29, 0.717) is 0 Å². The molecule has 7 nitrogen and oxygen atoms in total. The first kappa shape index (κ1) is 16.6. The molecule has 0 spiro atoms. The first-order valence-corrected chi connectivity index (χ1v) is 9.14. The van der Waals surface area contributed by atoms with Crippen LogP contribution in [0.3, 0.4) is 0 Å². The van der Waals surface area contributed by atoms with Gasteiger partial charge in [0.25, 0.3) is 0 Å². The van der Waals surface area contributed by atoms with Gasteiger partial charge in [-0.2, -0.15) is 4.72 Å². The number of sulfone groups is 1. The third-order valence-corrected chi connectivity index (χ3v) is 4.89. The van der Waals surface area contributed by atoms with Crippen LogP contribution in [0.2, 0.25) is 0 Å². The normalized spacial score (nSPS) is 13.8. The van der Waals surface area contributed by atoms with E-state index in [1.165, 1.54) is 24.3 Å². The lowest BCUT2D eigenvalue weighted by molar-refractivity contribution is -0.139. The maximum absolute atomic E-state index is 11.9. The van der Waals surface area contributed by atoms with Gasteiger partial charge in [-0.15, -0.1) is 0 Å². The van der Waals surface area contributed by atoms with Gasteiger partial charge in [-0.05, 0) is 18.6 Å². The Morgan fingerprint density at radius 1 is 1.20 bits per heavy atom. The lowest BCUT2D eigenvalue weighted by Crippen LogP contribution is -2.41. The van der Waals surface area contributed by atoms with Gasteiger partial charge < -0.3 is 5.11 Å². The lowest BCUT2D eigenvalue weighted by atomic mass is 10.2. The molecule has 1 aromatic carbocycles. The molecule has 1 aromatic rings. The zero-order chi connectivity index (χ0) is 15.4. The second-order valence-electron chi connectivity index (χ2n) is 4.24. The Balaban J connectivity index is 2.88. The second-order valence-corrected chi connectivity index (χ2v) is 8.22. The molecule has 9 heteroatoms. The second kappa shape index (κ2) is 6.33. The molecule has 1 atom stereocenters. The summed E-state index contributed by atoms with van der Waals surface area (Å²) in [7, 11) is -7.37. The van der Waals surface area contributed by atoms with Gasteiger partial charge in [0.1, 0.15) is 15.9 Å². The SMILES string of the molecule is CS(=O)(=O)CC[C@H](NS(=O)(=O)c1ccccc1)C(=O)O. The summed E-state index contributed by atoms with van der Waals surface area (Å²) in [6.07, 6.45) is 0.623. The van der Waals surface area contributed by atoms with E-state index in [4.69, 9.17) is 5.11 Å². The van der Waals surface area contributed by atoms with Crippen LogP contribution in [0.5, 0.6) is 0 Å². The zero-order valence-corrected chi connectivity index (χ0v) is 12.3. The standard InChI is InChI=1S/C11H15NO6S2/c1-19(15,16)8-7-10(11(13)14)12-20(17,18)9-5-3-2-4-6-9/h2-6,10,12H,7-8H2,1H3,(H,13,14)/t10-/m0/s1. The van der Waals surface area contributed by atoms with Gasteiger partial charge in [0.2, 0.25) is 10.0 Å². The number of carboxylic acid groups (broad SMARTS) is 1. The summed E-state index contributed by atoms with van der Waals surface area (Å²) in [5.74, 6) is -1.84. The third kappa shape index (κ3) is 5.27. The number of hydrogen-bond acceptors (Lipinski definition) is 5. The molecule has 0 aliphatic heterocycles. The average molecular weight is 321 g/mol. The maximum atomic E-state index is 11.9. The quantitative estimate of drug-likeness (QED) is 0.721. The van der Waals surface area contributed by atoms with Crippen LogP contribution >= 0.6 is 0 Å². The van der Waals surface area contributed by atoms with Crippen LogP contribution in [0.1, 0.15) is 6.42 Å². The highest BCUT2D eigenvalue weighted by Gasteiger charge is 2.26. The Labute approximate surface area is 117 Å². The monoisotopic (exact) mass is 321 g/mol. The summed E-state index contributed by atoms with van der Waals surface area (Å²) in [5.41, 5.74) is 0. The van der Waals surface area contributed by atoms with Gasteiger partial charge in [-0.1, -0.05) is 18.2 Å². The molecule has 0 heterocycles. The Kier molecular flexibility index (Phi) is 5.26. The Bertz CT molecular complexity index is 666. The van der Waals surface area contributed by atoms with Crippen molar-refractivity contribution in [1.82, 2.24) is 4.72 Å². The Morgan fingerprint density at radius 2 is 1.75 bits per heavy atom. The van der Waals surface area contributed by atoms with Crippen LogP contribution in [0, 0.1) is 0 Å². The summed E-state index contributed by atoms with van der Waals surface area (Å²) < 4.78 is 47.9. The van der Waals surface area contributed by atoms with Crippen LogP contribution in [0.15, 0.2) is 35.2 Å². The number of nitrogens with one attached hydrogen (secondary N) is 1. The minimum atomic E-state index is -4.00. The van der Waals surface area contributed by atoms with E-state index in [9.17, 15) is 21.6 Å². The summed E-state index contributed by atoms with van der Waals surface area (Å²) in [6, 6.07) is 5.77. The molecule has 0 fully saturated rings. The number of rotatable bonds is 7. The number of hydrogen-bond donors (Lipinski definition) is 2. The van der Waals surface area contributed by atoms with E-state index in [1.807, 2.05) is 4.72 Å². The lowest BCUT2D eigenvalue weighted by Gasteiger charge is -2.14. The van der Waals surface area contributed by atoms with Crippen molar-refractivity contribution in [2.24, 2.45) is 0 Å². The van der Waals surface area contributed by atoms with Gasteiger partial charge in [0.15, 0.2) is 0 Å². The van der Waals surface area contributed by atoms with Crippen molar-refractivity contribution in [3.8, 4) is 0 Å². The maximum Gasteiger partial charge on any atom is 0.321 e. The Morgan fingerprint density at radius 3 is 2.20 bits per heavy atom.